The van der Waals surface area contributed by atoms with E-state index in [0.717, 1.165) is 0 Å². The second-order valence-electron chi connectivity index (χ2n) is 5.00. The maximum absolute atomic E-state index is 7.90. The van der Waals surface area contributed by atoms with E-state index in [0.29, 0.717) is 21.9 Å². The Bertz CT molecular complexity index is 813. The summed E-state index contributed by atoms with van der Waals surface area (Å²) in [5.41, 5.74) is 0.765. The lowest BCUT2D eigenvalue weighted by molar-refractivity contribution is 0.226. The van der Waals surface area contributed by atoms with Crippen molar-refractivity contribution in [3.05, 3.63) is 61.5 Å². The summed E-state index contributed by atoms with van der Waals surface area (Å²) in [6.07, 6.45) is -1.02. The fraction of sp³-hybridized carbons (Fsp3) is 0.188. The zero-order valence-corrected chi connectivity index (χ0v) is 18.2. The molecular formula is C16H10Cl7NO2. The first kappa shape index (κ1) is 22.0. The molecule has 0 saturated carbocycles. The highest BCUT2D eigenvalue weighted by molar-refractivity contribution is 6.76. The van der Waals surface area contributed by atoms with Crippen LogP contribution in [0.1, 0.15) is 17.2 Å². The number of hydrogen-bond acceptors (Lipinski definition) is 3. The van der Waals surface area contributed by atoms with E-state index < -0.39 is 15.8 Å². The number of halogens is 7. The molecule has 0 aliphatic heterocycles. The average molecular weight is 496 g/mol. The molecule has 0 aliphatic carbocycles. The third kappa shape index (κ3) is 5.17. The largest absolute Gasteiger partial charge is 0.497 e. The van der Waals surface area contributed by atoms with Gasteiger partial charge in [-0.05, 0) is 24.3 Å². The van der Waals surface area contributed by atoms with Crippen LogP contribution < -0.4 is 4.74 Å². The molecule has 0 unspecified atom stereocenters. The zero-order valence-electron chi connectivity index (χ0n) is 12.9. The third-order valence-corrected chi connectivity index (χ3v) is 4.99. The van der Waals surface area contributed by atoms with E-state index in [1.54, 1.807) is 24.3 Å². The molecule has 2 rings (SSSR count). The Morgan fingerprint density at radius 1 is 0.962 bits per heavy atom. The topological polar surface area (TPSA) is 42.3 Å². The molecule has 0 spiro atoms. The van der Waals surface area contributed by atoms with Crippen LogP contribution in [-0.4, -0.2) is 16.8 Å². The van der Waals surface area contributed by atoms with Gasteiger partial charge in [0.15, 0.2) is 6.10 Å². The second-order valence-corrected chi connectivity index (χ2v) is 8.93. The number of nitrogens with one attached hydrogen (secondary N) is 1. The van der Waals surface area contributed by atoms with Crippen LogP contribution in [0.25, 0.3) is 0 Å². The molecule has 2 aromatic carbocycles. The predicted molar refractivity (Wildman–Crippen MR) is 110 cm³/mol. The summed E-state index contributed by atoms with van der Waals surface area (Å²) in [5.74, 6) is -0.178. The Balaban J connectivity index is 2.63. The molecular weight excluding hydrogens is 486 g/mol. The van der Waals surface area contributed by atoms with Crippen LogP contribution >= 0.6 is 81.2 Å². The van der Waals surface area contributed by atoms with Crippen molar-refractivity contribution in [3.63, 3.8) is 0 Å². The standard InChI is InChI=1S/C16H10Cl7NO2/c1-25-8-5-11(19)13(12(20)6-8)14(26-15(24)16(21,22)23)9-3-2-7(17)4-10(9)18/h2-6,14,24H,1H3/t14-/m0/s1. The summed E-state index contributed by atoms with van der Waals surface area (Å²) in [7, 11) is 1.48. The Hall–Kier alpha value is -0.260. The van der Waals surface area contributed by atoms with Crippen molar-refractivity contribution in [1.29, 1.82) is 5.41 Å². The van der Waals surface area contributed by atoms with Gasteiger partial charge in [-0.25, -0.2) is 0 Å². The quantitative estimate of drug-likeness (QED) is 0.267. The first-order chi connectivity index (χ1) is 12.0. The van der Waals surface area contributed by atoms with Crippen molar-refractivity contribution in [2.75, 3.05) is 7.11 Å². The molecule has 1 atom stereocenters. The van der Waals surface area contributed by atoms with Crippen molar-refractivity contribution in [2.45, 2.75) is 9.90 Å². The number of ether oxygens (including phenoxy) is 2. The lowest BCUT2D eigenvalue weighted by Gasteiger charge is -2.25. The summed E-state index contributed by atoms with van der Waals surface area (Å²) in [4.78, 5) is 0. The van der Waals surface area contributed by atoms with Crippen molar-refractivity contribution in [2.24, 2.45) is 0 Å². The van der Waals surface area contributed by atoms with Gasteiger partial charge in [0.25, 0.3) is 3.79 Å². The highest BCUT2D eigenvalue weighted by Crippen LogP contribution is 2.43. The molecule has 0 saturated heterocycles. The van der Waals surface area contributed by atoms with Gasteiger partial charge < -0.3 is 9.47 Å². The summed E-state index contributed by atoms with van der Waals surface area (Å²) in [5, 5.41) is 9.04. The molecule has 10 heteroatoms. The Kier molecular flexibility index (Phi) is 7.48. The van der Waals surface area contributed by atoms with Crippen LogP contribution in [0.15, 0.2) is 30.3 Å². The fourth-order valence-corrected chi connectivity index (χ4v) is 3.41. The molecule has 26 heavy (non-hydrogen) atoms. The maximum Gasteiger partial charge on any atom is 0.265 e. The van der Waals surface area contributed by atoms with Crippen LogP contribution in [0.3, 0.4) is 0 Å². The van der Waals surface area contributed by atoms with E-state index in [4.69, 9.17) is 96.1 Å². The van der Waals surface area contributed by atoms with E-state index in [1.165, 1.54) is 13.2 Å². The van der Waals surface area contributed by atoms with Gasteiger partial charge in [-0.2, -0.15) is 0 Å². The van der Waals surface area contributed by atoms with Gasteiger partial charge in [0.05, 0.1) is 17.2 Å². The van der Waals surface area contributed by atoms with Crippen molar-refractivity contribution in [1.82, 2.24) is 0 Å². The third-order valence-electron chi connectivity index (χ3n) is 3.29. The highest BCUT2D eigenvalue weighted by atomic mass is 35.6. The number of hydrogen-bond donors (Lipinski definition) is 1. The monoisotopic (exact) mass is 493 g/mol. The van der Waals surface area contributed by atoms with Crippen LogP contribution in [-0.2, 0) is 4.74 Å². The first-order valence-corrected chi connectivity index (χ1v) is 9.49. The van der Waals surface area contributed by atoms with E-state index in [-0.39, 0.29) is 15.1 Å². The average Bonchev–Trinajstić information content (AvgIpc) is 2.52. The first-order valence-electron chi connectivity index (χ1n) is 6.85. The summed E-state index contributed by atoms with van der Waals surface area (Å²) in [6.45, 7) is 0. The van der Waals surface area contributed by atoms with Gasteiger partial charge in [0, 0.05) is 21.2 Å². The predicted octanol–water partition coefficient (Wildman–Crippen LogP) is 7.76. The van der Waals surface area contributed by atoms with Crippen LogP contribution in [0.2, 0.25) is 20.1 Å². The van der Waals surface area contributed by atoms with Crippen LogP contribution in [0.5, 0.6) is 5.75 Å². The molecule has 0 radical (unpaired) electrons. The van der Waals surface area contributed by atoms with E-state index in [2.05, 4.69) is 0 Å². The Morgan fingerprint density at radius 2 is 1.54 bits per heavy atom. The van der Waals surface area contributed by atoms with Gasteiger partial charge in [0.2, 0.25) is 5.90 Å². The Morgan fingerprint density at radius 3 is 2.00 bits per heavy atom. The van der Waals surface area contributed by atoms with E-state index >= 15 is 0 Å². The van der Waals surface area contributed by atoms with Gasteiger partial charge in [0.1, 0.15) is 5.75 Å². The van der Waals surface area contributed by atoms with Gasteiger partial charge >= 0.3 is 0 Å². The van der Waals surface area contributed by atoms with Gasteiger partial charge in [-0.15, -0.1) is 0 Å². The Labute approximate surface area is 185 Å². The molecule has 0 fully saturated rings. The molecule has 140 valence electrons. The minimum Gasteiger partial charge on any atom is -0.497 e. The number of methoxy groups -OCH3 is 1. The summed E-state index contributed by atoms with van der Waals surface area (Å²) < 4.78 is 8.64. The molecule has 0 aromatic heterocycles. The fourth-order valence-electron chi connectivity index (χ4n) is 2.11. The minimum absolute atomic E-state index is 0.225. The molecule has 3 nitrogen and oxygen atoms in total. The van der Waals surface area contributed by atoms with Crippen LogP contribution in [0.4, 0.5) is 0 Å². The van der Waals surface area contributed by atoms with Crippen molar-refractivity contribution >= 4 is 87.1 Å². The lowest BCUT2D eigenvalue weighted by atomic mass is 10.0. The number of rotatable bonds is 4. The summed E-state index contributed by atoms with van der Waals surface area (Å²) in [6, 6.07) is 7.81. The molecule has 0 heterocycles. The zero-order chi connectivity index (χ0) is 19.6. The van der Waals surface area contributed by atoms with E-state index in [9.17, 15) is 0 Å². The van der Waals surface area contributed by atoms with Crippen molar-refractivity contribution < 1.29 is 9.47 Å². The smallest absolute Gasteiger partial charge is 0.265 e. The second kappa shape index (κ2) is 8.83. The van der Waals surface area contributed by atoms with Crippen molar-refractivity contribution in [3.8, 4) is 5.75 Å². The molecule has 1 N–H and O–H groups in total. The maximum atomic E-state index is 7.90. The van der Waals surface area contributed by atoms with Crippen LogP contribution in [0, 0.1) is 5.41 Å². The van der Waals surface area contributed by atoms with Gasteiger partial charge in [-0.1, -0.05) is 87.3 Å². The lowest BCUT2D eigenvalue weighted by Crippen LogP contribution is -2.24. The SMILES string of the molecule is COc1cc(Cl)c([C@@H](OC(=N)C(Cl)(Cl)Cl)c2ccc(Cl)cc2Cl)c(Cl)c1. The molecule has 0 amide bonds. The molecule has 0 aliphatic rings. The summed E-state index contributed by atoms with van der Waals surface area (Å²) >= 11 is 42.2. The molecule has 2 aromatic rings. The van der Waals surface area contributed by atoms with E-state index in [1.807, 2.05) is 0 Å². The van der Waals surface area contributed by atoms with Gasteiger partial charge in [-0.3, -0.25) is 5.41 Å². The number of benzene rings is 2. The minimum atomic E-state index is -2.08. The number of alkyl halides is 3. The normalized spacial score (nSPS) is 12.6. The highest BCUT2D eigenvalue weighted by Gasteiger charge is 2.34. The molecule has 0 bridgehead atoms.